The van der Waals surface area contributed by atoms with Crippen LogP contribution in [0.2, 0.25) is 0 Å². The molecule has 3 aromatic rings. The number of hydrogen-bond acceptors (Lipinski definition) is 6. The van der Waals surface area contributed by atoms with Crippen LogP contribution in [0.3, 0.4) is 0 Å². The highest BCUT2D eigenvalue weighted by molar-refractivity contribution is 6.02. The second kappa shape index (κ2) is 5.84. The molecule has 1 saturated heterocycles. The summed E-state index contributed by atoms with van der Waals surface area (Å²) in [6, 6.07) is 6.85. The number of anilines is 2. The molecule has 0 aromatic carbocycles. The molecule has 0 bridgehead atoms. The number of aromatic nitrogens is 5. The highest BCUT2D eigenvalue weighted by atomic mass is 19.1. The zero-order valence-electron chi connectivity index (χ0n) is 12.6. The van der Waals surface area contributed by atoms with E-state index in [4.69, 9.17) is 0 Å². The molecular weight excluding hydrogens is 313 g/mol. The number of imidazole rings is 1. The Kier molecular flexibility index (Phi) is 3.52. The summed E-state index contributed by atoms with van der Waals surface area (Å²) in [5.74, 6) is 0.570. The van der Waals surface area contributed by atoms with Gasteiger partial charge in [0.05, 0.1) is 12.7 Å². The molecule has 24 heavy (non-hydrogen) atoms. The Hall–Kier alpha value is -3.10. The van der Waals surface area contributed by atoms with E-state index in [2.05, 4.69) is 25.6 Å². The molecule has 3 aromatic heterocycles. The maximum absolute atomic E-state index is 13.4. The van der Waals surface area contributed by atoms with Crippen LogP contribution in [0.4, 0.5) is 16.0 Å². The standard InChI is InChI=1S/C15H14FN7O/c16-10-5-7-22(9-10)14-4-3-13-17-8-11(23(13)21-14)15(24)19-12-2-1-6-18-20-12/h1-4,6,8,10H,5,7,9H2,(H,19,20,24)/t10-/m0/s1. The van der Waals surface area contributed by atoms with Crippen molar-refractivity contribution < 1.29 is 9.18 Å². The van der Waals surface area contributed by atoms with Gasteiger partial charge in [0.15, 0.2) is 17.2 Å². The van der Waals surface area contributed by atoms with Crippen molar-refractivity contribution in [3.8, 4) is 0 Å². The van der Waals surface area contributed by atoms with Gasteiger partial charge in [0.1, 0.15) is 12.0 Å². The first-order valence-corrected chi connectivity index (χ1v) is 7.53. The van der Waals surface area contributed by atoms with Crippen molar-refractivity contribution in [2.24, 2.45) is 0 Å². The fourth-order valence-electron chi connectivity index (χ4n) is 2.66. The second-order valence-electron chi connectivity index (χ2n) is 5.50. The highest BCUT2D eigenvalue weighted by Crippen LogP contribution is 2.20. The van der Waals surface area contributed by atoms with Gasteiger partial charge in [-0.1, -0.05) is 0 Å². The average Bonchev–Trinajstić information content (AvgIpc) is 3.21. The molecule has 1 N–H and O–H groups in total. The molecule has 0 radical (unpaired) electrons. The van der Waals surface area contributed by atoms with E-state index in [0.29, 0.717) is 36.8 Å². The highest BCUT2D eigenvalue weighted by Gasteiger charge is 2.24. The summed E-state index contributed by atoms with van der Waals surface area (Å²) in [5.41, 5.74) is 0.813. The minimum absolute atomic E-state index is 0.272. The number of nitrogens with one attached hydrogen (secondary N) is 1. The van der Waals surface area contributed by atoms with Crippen molar-refractivity contribution in [2.75, 3.05) is 23.3 Å². The van der Waals surface area contributed by atoms with Gasteiger partial charge in [-0.15, -0.1) is 10.2 Å². The van der Waals surface area contributed by atoms with Crippen LogP contribution in [-0.2, 0) is 0 Å². The van der Waals surface area contributed by atoms with E-state index < -0.39 is 12.1 Å². The van der Waals surface area contributed by atoms with Crippen LogP contribution in [0, 0.1) is 0 Å². The number of halogens is 1. The SMILES string of the molecule is O=C(Nc1cccnn1)c1cnc2ccc(N3CC[C@H](F)C3)nn12. The lowest BCUT2D eigenvalue weighted by Crippen LogP contribution is -2.23. The van der Waals surface area contributed by atoms with Crippen molar-refractivity contribution in [2.45, 2.75) is 12.6 Å². The molecule has 1 atom stereocenters. The van der Waals surface area contributed by atoms with Crippen LogP contribution in [-0.4, -0.2) is 50.0 Å². The lowest BCUT2D eigenvalue weighted by atomic mass is 10.3. The van der Waals surface area contributed by atoms with Gasteiger partial charge in [-0.3, -0.25) is 4.79 Å². The van der Waals surface area contributed by atoms with Gasteiger partial charge in [-0.05, 0) is 30.7 Å². The molecule has 1 fully saturated rings. The summed E-state index contributed by atoms with van der Waals surface area (Å²) >= 11 is 0. The van der Waals surface area contributed by atoms with Gasteiger partial charge in [-0.25, -0.2) is 13.9 Å². The number of hydrogen-bond donors (Lipinski definition) is 1. The summed E-state index contributed by atoms with van der Waals surface area (Å²) in [6.07, 6.45) is 2.61. The molecular formula is C15H14FN7O. The first-order valence-electron chi connectivity index (χ1n) is 7.53. The summed E-state index contributed by atoms with van der Waals surface area (Å²) in [7, 11) is 0. The monoisotopic (exact) mass is 327 g/mol. The Morgan fingerprint density at radius 2 is 2.25 bits per heavy atom. The zero-order chi connectivity index (χ0) is 16.5. The van der Waals surface area contributed by atoms with Crippen LogP contribution in [0.15, 0.2) is 36.7 Å². The van der Waals surface area contributed by atoms with Crippen molar-refractivity contribution in [3.63, 3.8) is 0 Å². The molecule has 0 saturated carbocycles. The fourth-order valence-corrected chi connectivity index (χ4v) is 2.66. The number of alkyl halides is 1. The van der Waals surface area contributed by atoms with E-state index in [9.17, 15) is 9.18 Å². The van der Waals surface area contributed by atoms with Crippen molar-refractivity contribution in [1.29, 1.82) is 0 Å². The Morgan fingerprint density at radius 3 is 3.00 bits per heavy atom. The molecule has 0 unspecified atom stereocenters. The van der Waals surface area contributed by atoms with Crippen LogP contribution < -0.4 is 10.2 Å². The predicted molar refractivity (Wildman–Crippen MR) is 84.7 cm³/mol. The van der Waals surface area contributed by atoms with E-state index in [0.717, 1.165) is 0 Å². The van der Waals surface area contributed by atoms with Crippen LogP contribution in [0.25, 0.3) is 5.65 Å². The van der Waals surface area contributed by atoms with Gasteiger partial charge in [0.25, 0.3) is 5.91 Å². The fraction of sp³-hybridized carbons (Fsp3) is 0.267. The maximum Gasteiger partial charge on any atom is 0.277 e. The maximum atomic E-state index is 13.4. The molecule has 1 aliphatic heterocycles. The zero-order valence-corrected chi connectivity index (χ0v) is 12.6. The Balaban J connectivity index is 1.64. The molecule has 122 valence electrons. The average molecular weight is 327 g/mol. The number of amides is 1. The quantitative estimate of drug-likeness (QED) is 0.780. The lowest BCUT2D eigenvalue weighted by Gasteiger charge is -2.16. The van der Waals surface area contributed by atoms with Crippen LogP contribution in [0.5, 0.6) is 0 Å². The Morgan fingerprint density at radius 1 is 1.33 bits per heavy atom. The third-order valence-electron chi connectivity index (χ3n) is 3.85. The van der Waals surface area contributed by atoms with E-state index in [1.54, 1.807) is 24.3 Å². The van der Waals surface area contributed by atoms with Crippen LogP contribution in [0.1, 0.15) is 16.9 Å². The number of carbonyl (C=O) groups excluding carboxylic acids is 1. The first kappa shape index (κ1) is 14.5. The predicted octanol–water partition coefficient (Wildman–Crippen LogP) is 1.32. The van der Waals surface area contributed by atoms with Crippen molar-refractivity contribution in [1.82, 2.24) is 24.8 Å². The van der Waals surface area contributed by atoms with Gasteiger partial charge >= 0.3 is 0 Å². The topological polar surface area (TPSA) is 88.3 Å². The van der Waals surface area contributed by atoms with E-state index in [-0.39, 0.29) is 5.69 Å². The van der Waals surface area contributed by atoms with E-state index >= 15 is 0 Å². The lowest BCUT2D eigenvalue weighted by molar-refractivity contribution is 0.102. The Labute approximate surface area is 136 Å². The first-order chi connectivity index (χ1) is 11.7. The molecule has 9 heteroatoms. The normalized spacial score (nSPS) is 17.4. The number of carbonyl (C=O) groups is 1. The largest absolute Gasteiger partial charge is 0.352 e. The van der Waals surface area contributed by atoms with Crippen molar-refractivity contribution >= 4 is 23.2 Å². The number of nitrogens with zero attached hydrogens (tertiary/aromatic N) is 6. The van der Waals surface area contributed by atoms with Gasteiger partial charge in [0.2, 0.25) is 0 Å². The van der Waals surface area contributed by atoms with Gasteiger partial charge in [-0.2, -0.15) is 5.10 Å². The van der Waals surface area contributed by atoms with E-state index in [1.807, 2.05) is 4.90 Å². The molecule has 0 aliphatic carbocycles. The van der Waals surface area contributed by atoms with Crippen LogP contribution >= 0.6 is 0 Å². The number of rotatable bonds is 3. The molecule has 1 amide bonds. The van der Waals surface area contributed by atoms with Gasteiger partial charge in [0, 0.05) is 12.7 Å². The van der Waals surface area contributed by atoms with E-state index in [1.165, 1.54) is 16.9 Å². The Bertz CT molecular complexity index is 882. The molecule has 4 rings (SSSR count). The summed E-state index contributed by atoms with van der Waals surface area (Å²) in [4.78, 5) is 18.5. The minimum atomic E-state index is -0.843. The van der Waals surface area contributed by atoms with Gasteiger partial charge < -0.3 is 10.2 Å². The number of fused-ring (bicyclic) bond motifs is 1. The van der Waals surface area contributed by atoms with Crippen molar-refractivity contribution in [3.05, 3.63) is 42.4 Å². The third-order valence-corrected chi connectivity index (χ3v) is 3.85. The molecule has 4 heterocycles. The third kappa shape index (κ3) is 2.64. The molecule has 8 nitrogen and oxygen atoms in total. The molecule has 0 spiro atoms. The summed E-state index contributed by atoms with van der Waals surface area (Å²) in [5, 5.41) is 14.6. The smallest absolute Gasteiger partial charge is 0.277 e. The minimum Gasteiger partial charge on any atom is -0.352 e. The molecule has 1 aliphatic rings. The summed E-state index contributed by atoms with van der Waals surface area (Å²) < 4.78 is 14.8. The second-order valence-corrected chi connectivity index (χ2v) is 5.50. The summed E-state index contributed by atoms with van der Waals surface area (Å²) in [6.45, 7) is 0.920.